The fourth-order valence-corrected chi connectivity index (χ4v) is 1.78. The Bertz CT molecular complexity index is 503. The molecule has 0 aliphatic carbocycles. The highest BCUT2D eigenvalue weighted by molar-refractivity contribution is 5.81. The summed E-state index contributed by atoms with van der Waals surface area (Å²) >= 11 is 0. The highest BCUT2D eigenvalue weighted by Gasteiger charge is 2.01. The van der Waals surface area contributed by atoms with Crippen molar-refractivity contribution in [3.8, 4) is 6.07 Å². The SMILES string of the molecule is CC.CCCCn1ccc2ccc(C#N)cc21. The van der Waals surface area contributed by atoms with E-state index < -0.39 is 0 Å². The van der Waals surface area contributed by atoms with Crippen molar-refractivity contribution in [1.82, 2.24) is 4.57 Å². The van der Waals surface area contributed by atoms with E-state index in [1.807, 2.05) is 32.0 Å². The highest BCUT2D eigenvalue weighted by atomic mass is 14.9. The Morgan fingerprint density at radius 2 is 2.00 bits per heavy atom. The van der Waals surface area contributed by atoms with Crippen LogP contribution < -0.4 is 0 Å². The van der Waals surface area contributed by atoms with Gasteiger partial charge in [-0.2, -0.15) is 5.26 Å². The van der Waals surface area contributed by atoms with Crippen LogP contribution in [0.1, 0.15) is 39.2 Å². The van der Waals surface area contributed by atoms with E-state index in [0.29, 0.717) is 0 Å². The Hall–Kier alpha value is -1.75. The van der Waals surface area contributed by atoms with Gasteiger partial charge in [0.2, 0.25) is 0 Å². The van der Waals surface area contributed by atoms with Gasteiger partial charge in [0, 0.05) is 18.3 Å². The van der Waals surface area contributed by atoms with Gasteiger partial charge < -0.3 is 4.57 Å². The summed E-state index contributed by atoms with van der Waals surface area (Å²) in [6.07, 6.45) is 4.47. The lowest BCUT2D eigenvalue weighted by Crippen LogP contribution is -1.95. The van der Waals surface area contributed by atoms with E-state index in [-0.39, 0.29) is 0 Å². The van der Waals surface area contributed by atoms with Gasteiger partial charge in [0.05, 0.1) is 11.6 Å². The monoisotopic (exact) mass is 228 g/mol. The number of hydrogen-bond donors (Lipinski definition) is 0. The van der Waals surface area contributed by atoms with Crippen LogP contribution in [-0.2, 0) is 6.54 Å². The number of unbranched alkanes of at least 4 members (excludes halogenated alkanes) is 1. The number of nitriles is 1. The van der Waals surface area contributed by atoms with Crippen molar-refractivity contribution in [1.29, 1.82) is 5.26 Å². The van der Waals surface area contributed by atoms with E-state index in [4.69, 9.17) is 5.26 Å². The molecule has 0 bridgehead atoms. The molecule has 90 valence electrons. The molecule has 0 unspecified atom stereocenters. The van der Waals surface area contributed by atoms with Crippen LogP contribution in [0.15, 0.2) is 30.5 Å². The fraction of sp³-hybridized carbons (Fsp3) is 0.400. The van der Waals surface area contributed by atoms with Gasteiger partial charge in [-0.05, 0) is 30.0 Å². The summed E-state index contributed by atoms with van der Waals surface area (Å²) in [5.74, 6) is 0. The van der Waals surface area contributed by atoms with Crippen molar-refractivity contribution in [3.05, 3.63) is 36.0 Å². The lowest BCUT2D eigenvalue weighted by atomic mass is 10.2. The lowest BCUT2D eigenvalue weighted by Gasteiger charge is -2.03. The molecule has 2 nitrogen and oxygen atoms in total. The Labute approximate surface area is 103 Å². The number of fused-ring (bicyclic) bond motifs is 1. The molecule has 1 aromatic heterocycles. The van der Waals surface area contributed by atoms with Crippen molar-refractivity contribution < 1.29 is 0 Å². The zero-order chi connectivity index (χ0) is 12.7. The van der Waals surface area contributed by atoms with Gasteiger partial charge in [-0.1, -0.05) is 33.3 Å². The summed E-state index contributed by atoms with van der Waals surface area (Å²) in [7, 11) is 0. The molecular weight excluding hydrogens is 208 g/mol. The lowest BCUT2D eigenvalue weighted by molar-refractivity contribution is 0.650. The zero-order valence-corrected chi connectivity index (χ0v) is 10.9. The summed E-state index contributed by atoms with van der Waals surface area (Å²) in [5, 5.41) is 10.1. The minimum atomic E-state index is 0.735. The summed E-state index contributed by atoms with van der Waals surface area (Å²) in [6.45, 7) is 7.22. The molecule has 1 heterocycles. The highest BCUT2D eigenvalue weighted by Crippen LogP contribution is 2.17. The molecule has 0 fully saturated rings. The molecule has 2 heteroatoms. The molecule has 0 spiro atoms. The van der Waals surface area contributed by atoms with Gasteiger partial charge in [0.1, 0.15) is 0 Å². The van der Waals surface area contributed by atoms with Crippen molar-refractivity contribution >= 4 is 10.9 Å². The first-order valence-electron chi connectivity index (χ1n) is 6.34. The third-order valence-corrected chi connectivity index (χ3v) is 2.66. The second-order valence-electron chi connectivity index (χ2n) is 3.75. The van der Waals surface area contributed by atoms with Gasteiger partial charge in [0.25, 0.3) is 0 Å². The summed E-state index contributed by atoms with van der Waals surface area (Å²) in [5.41, 5.74) is 1.90. The molecule has 0 saturated carbocycles. The minimum Gasteiger partial charge on any atom is -0.347 e. The van der Waals surface area contributed by atoms with E-state index in [9.17, 15) is 0 Å². The van der Waals surface area contributed by atoms with Gasteiger partial charge in [-0.25, -0.2) is 0 Å². The Balaban J connectivity index is 0.000000686. The van der Waals surface area contributed by atoms with E-state index in [2.05, 4.69) is 29.8 Å². The number of aromatic nitrogens is 1. The molecule has 0 amide bonds. The number of benzene rings is 1. The minimum absolute atomic E-state index is 0.735. The molecule has 2 rings (SSSR count). The molecular formula is C15H20N2. The fourth-order valence-electron chi connectivity index (χ4n) is 1.78. The average Bonchev–Trinajstić information content (AvgIpc) is 2.80. The van der Waals surface area contributed by atoms with E-state index in [1.165, 1.54) is 23.7 Å². The third kappa shape index (κ3) is 3.10. The van der Waals surface area contributed by atoms with Crippen LogP contribution in [0.2, 0.25) is 0 Å². The topological polar surface area (TPSA) is 28.7 Å². The van der Waals surface area contributed by atoms with E-state index in [1.54, 1.807) is 0 Å². The second kappa shape index (κ2) is 6.75. The number of aryl methyl sites for hydroxylation is 1. The Morgan fingerprint density at radius 3 is 2.65 bits per heavy atom. The zero-order valence-electron chi connectivity index (χ0n) is 10.9. The first-order valence-corrected chi connectivity index (χ1v) is 6.34. The molecule has 2 aromatic rings. The maximum absolute atomic E-state index is 8.84. The van der Waals surface area contributed by atoms with Gasteiger partial charge >= 0.3 is 0 Å². The third-order valence-electron chi connectivity index (χ3n) is 2.66. The van der Waals surface area contributed by atoms with Crippen LogP contribution in [0.25, 0.3) is 10.9 Å². The van der Waals surface area contributed by atoms with Crippen LogP contribution in [0.4, 0.5) is 0 Å². The first kappa shape index (κ1) is 13.3. The number of hydrogen-bond acceptors (Lipinski definition) is 1. The van der Waals surface area contributed by atoms with Crippen LogP contribution in [-0.4, -0.2) is 4.57 Å². The molecule has 0 N–H and O–H groups in total. The van der Waals surface area contributed by atoms with E-state index in [0.717, 1.165) is 12.1 Å². The average molecular weight is 228 g/mol. The van der Waals surface area contributed by atoms with Crippen LogP contribution >= 0.6 is 0 Å². The van der Waals surface area contributed by atoms with Crippen LogP contribution in [0, 0.1) is 11.3 Å². The Morgan fingerprint density at radius 1 is 1.24 bits per heavy atom. The van der Waals surface area contributed by atoms with E-state index >= 15 is 0 Å². The molecule has 17 heavy (non-hydrogen) atoms. The molecule has 0 aliphatic heterocycles. The number of rotatable bonds is 3. The number of nitrogens with zero attached hydrogens (tertiary/aromatic N) is 2. The van der Waals surface area contributed by atoms with Crippen LogP contribution in [0.5, 0.6) is 0 Å². The molecule has 0 aliphatic rings. The van der Waals surface area contributed by atoms with Gasteiger partial charge in [0.15, 0.2) is 0 Å². The summed E-state index contributed by atoms with van der Waals surface area (Å²) in [6, 6.07) is 10.1. The predicted octanol–water partition coefficient (Wildman–Crippen LogP) is 4.34. The van der Waals surface area contributed by atoms with Gasteiger partial charge in [-0.3, -0.25) is 0 Å². The first-order chi connectivity index (χ1) is 8.35. The normalized spacial score (nSPS) is 9.53. The van der Waals surface area contributed by atoms with Crippen LogP contribution in [0.3, 0.4) is 0 Å². The van der Waals surface area contributed by atoms with Gasteiger partial charge in [-0.15, -0.1) is 0 Å². The smallest absolute Gasteiger partial charge is 0.0992 e. The van der Waals surface area contributed by atoms with Crippen molar-refractivity contribution in [2.45, 2.75) is 40.2 Å². The standard InChI is InChI=1S/C13H14N2.C2H6/c1-2-3-7-15-8-6-12-5-4-11(10-14)9-13(12)15;1-2/h4-6,8-9H,2-3,7H2,1H3;1-2H3. The van der Waals surface area contributed by atoms with Crippen molar-refractivity contribution in [2.75, 3.05) is 0 Å². The summed E-state index contributed by atoms with van der Waals surface area (Å²) in [4.78, 5) is 0. The van der Waals surface area contributed by atoms with Crippen molar-refractivity contribution in [2.24, 2.45) is 0 Å². The predicted molar refractivity (Wildman–Crippen MR) is 72.9 cm³/mol. The molecule has 0 saturated heterocycles. The summed E-state index contributed by atoms with van der Waals surface area (Å²) < 4.78 is 2.22. The maximum atomic E-state index is 8.84. The van der Waals surface area contributed by atoms with Crippen molar-refractivity contribution in [3.63, 3.8) is 0 Å². The second-order valence-corrected chi connectivity index (χ2v) is 3.75. The largest absolute Gasteiger partial charge is 0.347 e. The molecule has 0 radical (unpaired) electrons. The Kier molecular flexibility index (Phi) is 5.29. The molecule has 0 atom stereocenters. The quantitative estimate of drug-likeness (QED) is 0.768. The molecule has 1 aromatic carbocycles. The maximum Gasteiger partial charge on any atom is 0.0992 e.